The molecule has 1 aliphatic rings. The molecule has 0 bridgehead atoms. The van der Waals surface area contributed by atoms with Crippen molar-refractivity contribution < 1.29 is 9.53 Å². The highest BCUT2D eigenvalue weighted by Crippen LogP contribution is 2.41. The van der Waals surface area contributed by atoms with Gasteiger partial charge in [-0.1, -0.05) is 54.2 Å². The van der Waals surface area contributed by atoms with Gasteiger partial charge in [-0.25, -0.2) is 4.79 Å². The second-order valence-corrected chi connectivity index (χ2v) is 7.99. The Hall–Kier alpha value is -1.82. The minimum Gasteiger partial charge on any atom is -0.462 e. The van der Waals surface area contributed by atoms with Gasteiger partial charge in [-0.05, 0) is 61.8 Å². The van der Waals surface area contributed by atoms with E-state index in [1.165, 1.54) is 0 Å². The number of carbonyl (C=O) groups is 1. The maximum atomic E-state index is 11.9. The first-order valence-corrected chi connectivity index (χ1v) is 10.4. The van der Waals surface area contributed by atoms with Gasteiger partial charge in [-0.3, -0.25) is 0 Å². The lowest BCUT2D eigenvalue weighted by Crippen LogP contribution is -2.45. The highest BCUT2D eigenvalue weighted by atomic mass is 35.5. The lowest BCUT2D eigenvalue weighted by atomic mass is 9.88. The number of hydrogen-bond donors (Lipinski definition) is 2. The minimum absolute atomic E-state index is 0.281. The van der Waals surface area contributed by atoms with Gasteiger partial charge in [-0.15, -0.1) is 0 Å². The zero-order valence-electron chi connectivity index (χ0n) is 15.6. The monoisotopic (exact) mass is 436 g/mol. The van der Waals surface area contributed by atoms with E-state index >= 15 is 0 Å². The van der Waals surface area contributed by atoms with Crippen LogP contribution in [0.4, 0.5) is 5.69 Å². The van der Waals surface area contributed by atoms with Crippen molar-refractivity contribution in [1.82, 2.24) is 5.32 Å². The van der Waals surface area contributed by atoms with Crippen LogP contribution in [0.5, 0.6) is 0 Å². The molecule has 0 unspecified atom stereocenters. The molecular weight excluding hydrogens is 415 g/mol. The molecule has 1 saturated carbocycles. The maximum Gasteiger partial charge on any atom is 0.339 e. The van der Waals surface area contributed by atoms with E-state index in [4.69, 9.17) is 40.2 Å². The Morgan fingerprint density at radius 1 is 1.14 bits per heavy atom. The van der Waals surface area contributed by atoms with Crippen molar-refractivity contribution in [2.45, 2.75) is 38.1 Å². The highest BCUT2D eigenvalue weighted by Gasteiger charge is 2.37. The predicted octanol–water partition coefficient (Wildman–Crippen LogP) is 5.93. The summed E-state index contributed by atoms with van der Waals surface area (Å²) in [7, 11) is 0. The average molecular weight is 437 g/mol. The summed E-state index contributed by atoms with van der Waals surface area (Å²) in [5.41, 5.74) is 1.81. The lowest BCUT2D eigenvalue weighted by molar-refractivity contribution is 0.0526. The van der Waals surface area contributed by atoms with Crippen LogP contribution in [0.25, 0.3) is 0 Å². The zero-order valence-corrected chi connectivity index (χ0v) is 17.9. The molecule has 2 aromatic rings. The van der Waals surface area contributed by atoms with Gasteiger partial charge in [-0.2, -0.15) is 0 Å². The van der Waals surface area contributed by atoms with Crippen molar-refractivity contribution in [3.8, 4) is 0 Å². The lowest BCUT2D eigenvalue weighted by Gasteiger charge is -2.33. The molecule has 0 aliphatic heterocycles. The summed E-state index contributed by atoms with van der Waals surface area (Å²) in [5, 5.41) is 8.18. The summed E-state index contributed by atoms with van der Waals surface area (Å²) >= 11 is 18.3. The Labute approximate surface area is 180 Å². The molecule has 0 amide bonds. The molecule has 0 spiro atoms. The van der Waals surface area contributed by atoms with E-state index in [1.54, 1.807) is 25.1 Å². The van der Waals surface area contributed by atoms with E-state index in [0.29, 0.717) is 28.0 Å². The Morgan fingerprint density at radius 3 is 2.50 bits per heavy atom. The summed E-state index contributed by atoms with van der Waals surface area (Å²) in [5.74, 6) is -0.441. The van der Waals surface area contributed by atoms with Crippen LogP contribution in [-0.2, 0) is 10.3 Å². The van der Waals surface area contributed by atoms with Crippen molar-refractivity contribution in [2.75, 3.05) is 11.9 Å². The fraction of sp³-hybridized carbons (Fsp3) is 0.333. The molecule has 0 heterocycles. The topological polar surface area (TPSA) is 50.4 Å². The molecule has 3 rings (SSSR count). The van der Waals surface area contributed by atoms with E-state index in [-0.39, 0.29) is 5.54 Å². The Morgan fingerprint density at radius 2 is 1.86 bits per heavy atom. The zero-order chi connectivity index (χ0) is 20.1. The Bertz CT molecular complexity index is 882. The SMILES string of the molecule is CCOC(=O)c1ccc(NC(=S)NC2(c3ccccc3Cl)CCCC2)cc1Cl. The van der Waals surface area contributed by atoms with Crippen LogP contribution in [0.3, 0.4) is 0 Å². The summed E-state index contributed by atoms with van der Waals surface area (Å²) in [6.07, 6.45) is 4.14. The molecule has 0 radical (unpaired) electrons. The molecule has 2 N–H and O–H groups in total. The Kier molecular flexibility index (Phi) is 6.81. The molecule has 28 heavy (non-hydrogen) atoms. The van der Waals surface area contributed by atoms with Gasteiger partial charge in [0.05, 0.1) is 22.7 Å². The molecule has 148 valence electrons. The number of halogens is 2. The number of anilines is 1. The summed E-state index contributed by atoms with van der Waals surface area (Å²) in [6.45, 7) is 2.05. The second kappa shape index (κ2) is 9.12. The molecular formula is C21H22Cl2N2O2S. The van der Waals surface area contributed by atoms with Crippen LogP contribution in [0, 0.1) is 0 Å². The van der Waals surface area contributed by atoms with Gasteiger partial charge in [0.2, 0.25) is 0 Å². The quantitative estimate of drug-likeness (QED) is 0.449. The van der Waals surface area contributed by atoms with E-state index < -0.39 is 5.97 Å². The van der Waals surface area contributed by atoms with E-state index in [2.05, 4.69) is 10.6 Å². The smallest absolute Gasteiger partial charge is 0.339 e. The first kappa shape index (κ1) is 20.9. The molecule has 0 saturated heterocycles. The first-order valence-electron chi connectivity index (χ1n) is 9.26. The third kappa shape index (κ3) is 4.59. The number of rotatable bonds is 5. The third-order valence-corrected chi connectivity index (χ3v) is 5.77. The average Bonchev–Trinajstić information content (AvgIpc) is 3.11. The summed E-state index contributed by atoms with van der Waals surface area (Å²) in [4.78, 5) is 11.9. The highest BCUT2D eigenvalue weighted by molar-refractivity contribution is 7.80. The van der Waals surface area contributed by atoms with Crippen molar-refractivity contribution in [3.05, 3.63) is 63.6 Å². The first-order chi connectivity index (χ1) is 13.4. The van der Waals surface area contributed by atoms with Crippen LogP contribution >= 0.6 is 35.4 Å². The second-order valence-electron chi connectivity index (χ2n) is 6.76. The molecule has 7 heteroatoms. The maximum absolute atomic E-state index is 11.9. The fourth-order valence-corrected chi connectivity index (χ4v) is 4.52. The van der Waals surface area contributed by atoms with Gasteiger partial charge < -0.3 is 15.4 Å². The normalized spacial score (nSPS) is 15.1. The predicted molar refractivity (Wildman–Crippen MR) is 118 cm³/mol. The number of benzene rings is 2. The van der Waals surface area contributed by atoms with Crippen LogP contribution < -0.4 is 10.6 Å². The van der Waals surface area contributed by atoms with Crippen molar-refractivity contribution >= 4 is 52.2 Å². The van der Waals surface area contributed by atoms with Gasteiger partial charge in [0.15, 0.2) is 5.11 Å². The van der Waals surface area contributed by atoms with Crippen molar-refractivity contribution in [2.24, 2.45) is 0 Å². The van der Waals surface area contributed by atoms with E-state index in [0.717, 1.165) is 36.3 Å². The van der Waals surface area contributed by atoms with Gasteiger partial charge >= 0.3 is 5.97 Å². The summed E-state index contributed by atoms with van der Waals surface area (Å²) in [6, 6.07) is 12.9. The van der Waals surface area contributed by atoms with Crippen molar-refractivity contribution in [1.29, 1.82) is 0 Å². The number of hydrogen-bond acceptors (Lipinski definition) is 3. The number of carbonyl (C=O) groups excluding carboxylic acids is 1. The molecule has 0 atom stereocenters. The molecule has 0 aromatic heterocycles. The van der Waals surface area contributed by atoms with Crippen molar-refractivity contribution in [3.63, 3.8) is 0 Å². The van der Waals surface area contributed by atoms with E-state index in [1.807, 2.05) is 24.3 Å². The largest absolute Gasteiger partial charge is 0.462 e. The molecule has 4 nitrogen and oxygen atoms in total. The van der Waals surface area contributed by atoms with Crippen LogP contribution in [-0.4, -0.2) is 17.7 Å². The minimum atomic E-state index is -0.441. The fourth-order valence-electron chi connectivity index (χ4n) is 3.64. The molecule has 2 aromatic carbocycles. The van der Waals surface area contributed by atoms with Gasteiger partial charge in [0.25, 0.3) is 0 Å². The van der Waals surface area contributed by atoms with E-state index in [9.17, 15) is 4.79 Å². The van der Waals surface area contributed by atoms with Crippen LogP contribution in [0.1, 0.15) is 48.5 Å². The van der Waals surface area contributed by atoms with Crippen LogP contribution in [0.2, 0.25) is 10.0 Å². The number of thiocarbonyl (C=S) groups is 1. The van der Waals surface area contributed by atoms with Crippen LogP contribution in [0.15, 0.2) is 42.5 Å². The summed E-state index contributed by atoms with van der Waals surface area (Å²) < 4.78 is 5.00. The number of ether oxygens (including phenoxy) is 1. The third-order valence-electron chi connectivity index (χ3n) is 4.92. The number of esters is 1. The Balaban J connectivity index is 1.75. The van der Waals surface area contributed by atoms with Gasteiger partial charge in [0.1, 0.15) is 0 Å². The molecule has 1 fully saturated rings. The van der Waals surface area contributed by atoms with Gasteiger partial charge in [0, 0.05) is 10.7 Å². The number of nitrogens with one attached hydrogen (secondary N) is 2. The standard InChI is InChI=1S/C21H22Cl2N2O2S/c1-2-27-19(26)15-10-9-14(13-18(15)23)24-20(28)25-21(11-5-6-12-21)16-7-3-4-8-17(16)22/h3-4,7-10,13H,2,5-6,11-12H2,1H3,(H2,24,25,28). The molecule has 1 aliphatic carbocycles.